The second-order valence-corrected chi connectivity index (χ2v) is 8.00. The van der Waals surface area contributed by atoms with Gasteiger partial charge in [-0.15, -0.1) is 0 Å². The molecule has 2 aliphatic rings. The summed E-state index contributed by atoms with van der Waals surface area (Å²) in [5, 5.41) is 7.47. The summed E-state index contributed by atoms with van der Waals surface area (Å²) < 4.78 is 3.66. The number of benzene rings is 1. The molecule has 1 N–H and O–H groups in total. The molecule has 5 rings (SSSR count). The fourth-order valence-electron chi connectivity index (χ4n) is 4.95. The van der Waals surface area contributed by atoms with E-state index >= 15 is 0 Å². The number of carbonyl (C=O) groups excluding carboxylic acids is 2. The number of amides is 2. The highest BCUT2D eigenvalue weighted by atomic mass is 16.2. The van der Waals surface area contributed by atoms with E-state index in [0.717, 1.165) is 11.3 Å². The largest absolute Gasteiger partial charge is 0.336 e. The van der Waals surface area contributed by atoms with E-state index in [9.17, 15) is 9.59 Å². The van der Waals surface area contributed by atoms with Crippen LogP contribution < -0.4 is 5.32 Å². The molecule has 0 aliphatic carbocycles. The summed E-state index contributed by atoms with van der Waals surface area (Å²) in [7, 11) is 1.90. The first-order valence-corrected chi connectivity index (χ1v) is 10.2. The quantitative estimate of drug-likeness (QED) is 0.727. The summed E-state index contributed by atoms with van der Waals surface area (Å²) in [5.74, 6) is 0.510. The Kier molecular flexibility index (Phi) is 4.06. The van der Waals surface area contributed by atoms with Crippen LogP contribution in [0.5, 0.6) is 0 Å². The third-order valence-corrected chi connectivity index (χ3v) is 6.45. The van der Waals surface area contributed by atoms with Crippen molar-refractivity contribution >= 4 is 17.5 Å². The van der Waals surface area contributed by atoms with Gasteiger partial charge in [0, 0.05) is 44.4 Å². The fraction of sp³-hybridized carbons (Fsp3) is 0.364. The average molecular weight is 404 g/mol. The van der Waals surface area contributed by atoms with Crippen LogP contribution in [0.3, 0.4) is 0 Å². The molecule has 2 aliphatic heterocycles. The number of fused-ring (bicyclic) bond motifs is 2. The number of nitrogens with zero attached hydrogens (tertiary/aromatic N) is 5. The zero-order chi connectivity index (χ0) is 21.0. The number of hydrogen-bond acceptors (Lipinski definition) is 4. The maximum absolute atomic E-state index is 13.7. The molecule has 0 bridgehead atoms. The van der Waals surface area contributed by atoms with Crippen molar-refractivity contribution < 1.29 is 9.59 Å². The molecular weight excluding hydrogens is 380 g/mol. The minimum Gasteiger partial charge on any atom is -0.336 e. The maximum Gasteiger partial charge on any atom is 0.257 e. The normalized spacial score (nSPS) is 22.6. The minimum atomic E-state index is -0.861. The van der Waals surface area contributed by atoms with Gasteiger partial charge in [0.25, 0.3) is 5.91 Å². The lowest BCUT2D eigenvalue weighted by Gasteiger charge is -2.33. The Morgan fingerprint density at radius 2 is 2.13 bits per heavy atom. The van der Waals surface area contributed by atoms with Crippen molar-refractivity contribution in [1.29, 1.82) is 0 Å². The van der Waals surface area contributed by atoms with Gasteiger partial charge < -0.3 is 14.8 Å². The molecule has 3 aromatic rings. The summed E-state index contributed by atoms with van der Waals surface area (Å²) in [4.78, 5) is 33.4. The van der Waals surface area contributed by atoms with Crippen molar-refractivity contribution in [3.05, 3.63) is 65.5 Å². The Labute approximate surface area is 174 Å². The van der Waals surface area contributed by atoms with E-state index in [-0.39, 0.29) is 11.8 Å². The Hall–Kier alpha value is -3.42. The van der Waals surface area contributed by atoms with Crippen LogP contribution in [0.15, 0.2) is 42.9 Å². The Morgan fingerprint density at radius 3 is 2.83 bits per heavy atom. The number of nitrogens with one attached hydrogen (secondary N) is 1. The molecule has 2 atom stereocenters. The first-order chi connectivity index (χ1) is 14.5. The number of aryl methyl sites for hydroxylation is 3. The summed E-state index contributed by atoms with van der Waals surface area (Å²) >= 11 is 0. The lowest BCUT2D eigenvalue weighted by Crippen LogP contribution is -2.43. The second kappa shape index (κ2) is 6.55. The molecule has 0 unspecified atom stereocenters. The van der Waals surface area contributed by atoms with Gasteiger partial charge in [-0.1, -0.05) is 18.2 Å². The van der Waals surface area contributed by atoms with E-state index in [1.807, 2.05) is 55.9 Å². The van der Waals surface area contributed by atoms with E-state index in [0.29, 0.717) is 36.6 Å². The number of hydrogen-bond donors (Lipinski definition) is 1. The number of para-hydroxylation sites is 1. The van der Waals surface area contributed by atoms with Crippen LogP contribution in [-0.4, -0.2) is 42.6 Å². The van der Waals surface area contributed by atoms with Crippen LogP contribution in [-0.2, 0) is 23.8 Å². The summed E-state index contributed by atoms with van der Waals surface area (Å²) in [6, 6.07) is 7.25. The van der Waals surface area contributed by atoms with E-state index in [1.54, 1.807) is 22.0 Å². The fourth-order valence-corrected chi connectivity index (χ4v) is 4.95. The van der Waals surface area contributed by atoms with Crippen LogP contribution in [0.4, 0.5) is 5.69 Å². The Balaban J connectivity index is 1.67. The smallest absolute Gasteiger partial charge is 0.257 e. The Morgan fingerprint density at radius 1 is 1.33 bits per heavy atom. The van der Waals surface area contributed by atoms with Crippen molar-refractivity contribution in [2.75, 3.05) is 11.9 Å². The molecule has 2 aromatic heterocycles. The van der Waals surface area contributed by atoms with Gasteiger partial charge in [-0.2, -0.15) is 5.10 Å². The zero-order valence-electron chi connectivity index (χ0n) is 17.3. The highest BCUT2D eigenvalue weighted by Gasteiger charge is 2.60. The van der Waals surface area contributed by atoms with Gasteiger partial charge in [0.15, 0.2) is 0 Å². The Bertz CT molecular complexity index is 1160. The molecule has 2 amide bonds. The summed E-state index contributed by atoms with van der Waals surface area (Å²) in [5.41, 5.74) is 2.14. The van der Waals surface area contributed by atoms with Crippen LogP contribution in [0.1, 0.15) is 46.8 Å². The summed E-state index contributed by atoms with van der Waals surface area (Å²) in [6.45, 7) is 4.99. The van der Waals surface area contributed by atoms with Crippen LogP contribution in [0.25, 0.3) is 0 Å². The van der Waals surface area contributed by atoms with Crippen molar-refractivity contribution in [1.82, 2.24) is 24.2 Å². The predicted octanol–water partition coefficient (Wildman–Crippen LogP) is 2.42. The zero-order valence-corrected chi connectivity index (χ0v) is 17.3. The molecule has 30 heavy (non-hydrogen) atoms. The number of aromatic nitrogens is 4. The van der Waals surface area contributed by atoms with Gasteiger partial charge in [-0.25, -0.2) is 4.98 Å². The van der Waals surface area contributed by atoms with Gasteiger partial charge in [0.05, 0.1) is 11.3 Å². The van der Waals surface area contributed by atoms with Crippen molar-refractivity contribution in [3.63, 3.8) is 0 Å². The predicted molar refractivity (Wildman–Crippen MR) is 111 cm³/mol. The van der Waals surface area contributed by atoms with Crippen LogP contribution >= 0.6 is 0 Å². The average Bonchev–Trinajstić information content (AvgIpc) is 3.48. The highest BCUT2D eigenvalue weighted by Crippen LogP contribution is 2.54. The maximum atomic E-state index is 13.7. The van der Waals surface area contributed by atoms with E-state index < -0.39 is 11.5 Å². The van der Waals surface area contributed by atoms with Crippen LogP contribution in [0.2, 0.25) is 0 Å². The molecule has 4 heterocycles. The first kappa shape index (κ1) is 18.6. The SMILES string of the molecule is CCn1cc(C(=O)N2CC[C@]3(C(=O)Nc4ccccc43)[C@@H]2c2nccn2C)c(C)n1. The third-order valence-electron chi connectivity index (χ3n) is 6.45. The van der Waals surface area contributed by atoms with Crippen molar-refractivity contribution in [3.8, 4) is 0 Å². The highest BCUT2D eigenvalue weighted by molar-refractivity contribution is 6.08. The molecule has 0 saturated carbocycles. The monoisotopic (exact) mass is 404 g/mol. The van der Waals surface area contributed by atoms with Crippen molar-refractivity contribution in [2.24, 2.45) is 7.05 Å². The molecular formula is C22H24N6O2. The molecule has 1 fully saturated rings. The number of likely N-dealkylation sites (tertiary alicyclic amines) is 1. The molecule has 1 aromatic carbocycles. The molecule has 1 saturated heterocycles. The van der Waals surface area contributed by atoms with Crippen LogP contribution in [0, 0.1) is 6.92 Å². The van der Waals surface area contributed by atoms with Crippen molar-refractivity contribution in [2.45, 2.75) is 38.3 Å². The number of anilines is 1. The lowest BCUT2D eigenvalue weighted by molar-refractivity contribution is -0.121. The van der Waals surface area contributed by atoms with Gasteiger partial charge in [0.2, 0.25) is 5.91 Å². The topological polar surface area (TPSA) is 85.0 Å². The minimum absolute atomic E-state index is 0.0759. The van der Waals surface area contributed by atoms with Gasteiger partial charge in [-0.3, -0.25) is 14.3 Å². The number of imidazole rings is 1. The number of rotatable bonds is 3. The third kappa shape index (κ3) is 2.39. The molecule has 0 radical (unpaired) electrons. The van der Waals surface area contributed by atoms with E-state index in [1.165, 1.54) is 0 Å². The molecule has 8 heteroatoms. The van der Waals surface area contributed by atoms with Gasteiger partial charge in [-0.05, 0) is 31.9 Å². The standard InChI is InChI=1S/C22H24N6O2/c1-4-27-13-15(14(2)25-27)20(29)28-11-9-22(18(28)19-23-10-12-26(19)3)16-7-5-6-8-17(16)24-21(22)30/h5-8,10,12-13,18H,4,9,11H2,1-3H3,(H,24,30)/t18-,22+/m0/s1. The number of carbonyl (C=O) groups is 2. The molecule has 1 spiro atoms. The summed E-state index contributed by atoms with van der Waals surface area (Å²) in [6.07, 6.45) is 5.90. The lowest BCUT2D eigenvalue weighted by atomic mass is 9.74. The molecule has 154 valence electrons. The second-order valence-electron chi connectivity index (χ2n) is 8.00. The van der Waals surface area contributed by atoms with Gasteiger partial charge >= 0.3 is 0 Å². The first-order valence-electron chi connectivity index (χ1n) is 10.2. The van der Waals surface area contributed by atoms with E-state index in [2.05, 4.69) is 15.4 Å². The van der Waals surface area contributed by atoms with Gasteiger partial charge in [0.1, 0.15) is 17.3 Å². The molecule has 8 nitrogen and oxygen atoms in total. The van der Waals surface area contributed by atoms with E-state index in [4.69, 9.17) is 0 Å².